The Labute approximate surface area is 374 Å². The molecule has 0 spiro atoms. The molecule has 0 rings (SSSR count). The number of esters is 3. The molecule has 0 N–H and O–H groups in total. The van der Waals surface area contributed by atoms with Gasteiger partial charge in [-0.25, -0.2) is 0 Å². The zero-order chi connectivity index (χ0) is 44.2. The number of hydrogen-bond donors (Lipinski definition) is 0. The average Bonchev–Trinajstić information content (AvgIpc) is 3.22. The van der Waals surface area contributed by atoms with Crippen LogP contribution in [0.25, 0.3) is 0 Å². The molecular weight excluding hydrogens is 745 g/mol. The van der Waals surface area contributed by atoms with Gasteiger partial charge in [-0.2, -0.15) is 0 Å². The predicted octanol–water partition coefficient (Wildman–Crippen LogP) is 17.2. The van der Waals surface area contributed by atoms with Gasteiger partial charge in [-0.1, -0.05) is 253 Å². The van der Waals surface area contributed by atoms with E-state index in [1.165, 1.54) is 173 Å². The van der Waals surface area contributed by atoms with E-state index in [0.29, 0.717) is 19.3 Å². The summed E-state index contributed by atoms with van der Waals surface area (Å²) in [5, 5.41) is 0. The SMILES string of the molecule is CCC(C)CCCCCCCCC(=O)O[C@@H](COC(=O)CCCCCCCCCCCCCCCCCCC(C)C)COC(=O)CCCCCCCCCCCCC(C)C. The van der Waals surface area contributed by atoms with Crippen molar-refractivity contribution in [1.29, 1.82) is 0 Å². The second kappa shape index (κ2) is 45.4. The van der Waals surface area contributed by atoms with E-state index in [-0.39, 0.29) is 31.1 Å². The van der Waals surface area contributed by atoms with Gasteiger partial charge < -0.3 is 14.2 Å². The summed E-state index contributed by atoms with van der Waals surface area (Å²) >= 11 is 0. The molecule has 6 nitrogen and oxygen atoms in total. The van der Waals surface area contributed by atoms with Crippen molar-refractivity contribution in [2.24, 2.45) is 17.8 Å². The van der Waals surface area contributed by atoms with Gasteiger partial charge in [-0.15, -0.1) is 0 Å². The Kier molecular flexibility index (Phi) is 44.2. The number of carbonyl (C=O) groups excluding carboxylic acids is 3. The van der Waals surface area contributed by atoms with Crippen LogP contribution in [0.5, 0.6) is 0 Å². The first-order valence-corrected chi connectivity index (χ1v) is 26.6. The standard InChI is InChI=1S/C54H104O6/c1-7-50(6)42-36-30-26-27-33-39-45-54(57)60-51(47-59-53(56)44-38-32-25-21-17-16-19-23-29-35-41-49(4)5)46-58-52(55)43-37-31-24-20-15-13-11-9-8-10-12-14-18-22-28-34-40-48(2)3/h48-51H,7-47H2,1-6H3/t50?,51-/m0/s1. The van der Waals surface area contributed by atoms with Crippen LogP contribution in [0.1, 0.15) is 292 Å². The zero-order valence-corrected chi connectivity index (χ0v) is 41.3. The lowest BCUT2D eigenvalue weighted by Gasteiger charge is -2.18. The highest BCUT2D eigenvalue weighted by molar-refractivity contribution is 5.71. The summed E-state index contributed by atoms with van der Waals surface area (Å²) in [6.45, 7) is 13.7. The first kappa shape index (κ1) is 58.4. The van der Waals surface area contributed by atoms with Gasteiger partial charge in [0.2, 0.25) is 0 Å². The second-order valence-corrected chi connectivity index (χ2v) is 19.7. The van der Waals surface area contributed by atoms with Crippen LogP contribution >= 0.6 is 0 Å². The molecule has 6 heteroatoms. The fourth-order valence-electron chi connectivity index (χ4n) is 8.08. The highest BCUT2D eigenvalue weighted by Crippen LogP contribution is 2.18. The quantitative estimate of drug-likeness (QED) is 0.0345. The Hall–Kier alpha value is -1.59. The number of ether oxygens (including phenoxy) is 3. The lowest BCUT2D eigenvalue weighted by molar-refractivity contribution is -0.167. The van der Waals surface area contributed by atoms with Gasteiger partial charge in [-0.3, -0.25) is 14.4 Å². The fraction of sp³-hybridized carbons (Fsp3) is 0.944. The maximum absolute atomic E-state index is 12.8. The molecule has 0 saturated carbocycles. The van der Waals surface area contributed by atoms with Crippen LogP contribution in [-0.4, -0.2) is 37.2 Å². The van der Waals surface area contributed by atoms with E-state index in [1.54, 1.807) is 0 Å². The molecule has 0 radical (unpaired) electrons. The normalized spacial score (nSPS) is 12.6. The molecule has 0 saturated heterocycles. The number of hydrogen-bond acceptors (Lipinski definition) is 6. The minimum absolute atomic E-state index is 0.0653. The molecule has 0 heterocycles. The lowest BCUT2D eigenvalue weighted by Crippen LogP contribution is -2.30. The molecule has 0 aromatic rings. The van der Waals surface area contributed by atoms with Crippen LogP contribution in [0, 0.1) is 17.8 Å². The van der Waals surface area contributed by atoms with E-state index in [0.717, 1.165) is 75.5 Å². The summed E-state index contributed by atoms with van der Waals surface area (Å²) in [6.07, 6.45) is 45.3. The van der Waals surface area contributed by atoms with Gasteiger partial charge >= 0.3 is 17.9 Å². The summed E-state index contributed by atoms with van der Waals surface area (Å²) in [4.78, 5) is 37.9. The lowest BCUT2D eigenvalue weighted by atomic mass is 10.00. The van der Waals surface area contributed by atoms with Crippen LogP contribution in [0.2, 0.25) is 0 Å². The molecule has 0 aliphatic rings. The molecule has 1 unspecified atom stereocenters. The highest BCUT2D eigenvalue weighted by Gasteiger charge is 2.19. The van der Waals surface area contributed by atoms with Gasteiger partial charge in [0.05, 0.1) is 0 Å². The Bertz CT molecular complexity index is 931. The average molecular weight is 849 g/mol. The molecule has 356 valence electrons. The predicted molar refractivity (Wildman–Crippen MR) is 256 cm³/mol. The fourth-order valence-corrected chi connectivity index (χ4v) is 8.08. The van der Waals surface area contributed by atoms with Crippen LogP contribution in [0.15, 0.2) is 0 Å². The third-order valence-corrected chi connectivity index (χ3v) is 12.5. The van der Waals surface area contributed by atoms with E-state index in [2.05, 4.69) is 41.5 Å². The Morgan fingerprint density at radius 2 is 0.583 bits per heavy atom. The number of carbonyl (C=O) groups is 3. The third kappa shape index (κ3) is 45.9. The molecular formula is C54H104O6. The van der Waals surface area contributed by atoms with E-state index in [1.807, 2.05) is 0 Å². The van der Waals surface area contributed by atoms with Gasteiger partial charge in [0, 0.05) is 19.3 Å². The zero-order valence-electron chi connectivity index (χ0n) is 41.3. The smallest absolute Gasteiger partial charge is 0.306 e. The Morgan fingerprint density at radius 1 is 0.333 bits per heavy atom. The largest absolute Gasteiger partial charge is 0.462 e. The minimum atomic E-state index is -0.763. The van der Waals surface area contributed by atoms with Crippen LogP contribution in [0.3, 0.4) is 0 Å². The molecule has 0 amide bonds. The van der Waals surface area contributed by atoms with Gasteiger partial charge in [0.15, 0.2) is 6.10 Å². The Morgan fingerprint density at radius 3 is 0.867 bits per heavy atom. The first-order chi connectivity index (χ1) is 29.1. The van der Waals surface area contributed by atoms with Crippen molar-refractivity contribution < 1.29 is 28.6 Å². The summed E-state index contributed by atoms with van der Waals surface area (Å²) in [6, 6.07) is 0. The van der Waals surface area contributed by atoms with Gasteiger partial charge in [0.25, 0.3) is 0 Å². The molecule has 2 atom stereocenters. The van der Waals surface area contributed by atoms with E-state index >= 15 is 0 Å². The number of unbranched alkanes of at least 4 members (excludes halogenated alkanes) is 29. The van der Waals surface area contributed by atoms with Crippen LogP contribution < -0.4 is 0 Å². The highest BCUT2D eigenvalue weighted by atomic mass is 16.6. The summed E-state index contributed by atoms with van der Waals surface area (Å²) in [5.41, 5.74) is 0. The van der Waals surface area contributed by atoms with Crippen molar-refractivity contribution >= 4 is 17.9 Å². The Balaban J connectivity index is 4.24. The molecule has 0 aromatic heterocycles. The van der Waals surface area contributed by atoms with Crippen molar-refractivity contribution in [1.82, 2.24) is 0 Å². The molecule has 0 aromatic carbocycles. The molecule has 60 heavy (non-hydrogen) atoms. The molecule has 0 aliphatic heterocycles. The van der Waals surface area contributed by atoms with Crippen LogP contribution in [-0.2, 0) is 28.6 Å². The van der Waals surface area contributed by atoms with Crippen molar-refractivity contribution in [3.63, 3.8) is 0 Å². The maximum atomic E-state index is 12.8. The van der Waals surface area contributed by atoms with Crippen molar-refractivity contribution in [2.75, 3.05) is 13.2 Å². The van der Waals surface area contributed by atoms with Crippen molar-refractivity contribution in [3.05, 3.63) is 0 Å². The van der Waals surface area contributed by atoms with E-state index in [9.17, 15) is 14.4 Å². The van der Waals surface area contributed by atoms with Crippen LogP contribution in [0.4, 0.5) is 0 Å². The molecule has 0 fully saturated rings. The maximum Gasteiger partial charge on any atom is 0.306 e. The number of rotatable bonds is 47. The van der Waals surface area contributed by atoms with Crippen molar-refractivity contribution in [3.8, 4) is 0 Å². The van der Waals surface area contributed by atoms with Crippen molar-refractivity contribution in [2.45, 2.75) is 298 Å². The van der Waals surface area contributed by atoms with Gasteiger partial charge in [0.1, 0.15) is 13.2 Å². The molecule has 0 bridgehead atoms. The van der Waals surface area contributed by atoms with E-state index in [4.69, 9.17) is 14.2 Å². The second-order valence-electron chi connectivity index (χ2n) is 19.7. The minimum Gasteiger partial charge on any atom is -0.462 e. The summed E-state index contributed by atoms with van der Waals surface area (Å²) in [5.74, 6) is 1.63. The van der Waals surface area contributed by atoms with Gasteiger partial charge in [-0.05, 0) is 37.0 Å². The first-order valence-electron chi connectivity index (χ1n) is 26.6. The molecule has 0 aliphatic carbocycles. The topological polar surface area (TPSA) is 78.9 Å². The third-order valence-electron chi connectivity index (χ3n) is 12.5. The van der Waals surface area contributed by atoms with E-state index < -0.39 is 6.10 Å². The monoisotopic (exact) mass is 849 g/mol. The summed E-state index contributed by atoms with van der Waals surface area (Å²) in [7, 11) is 0. The summed E-state index contributed by atoms with van der Waals surface area (Å²) < 4.78 is 16.8.